The van der Waals surface area contributed by atoms with Crippen molar-refractivity contribution in [3.8, 4) is 56.3 Å². The minimum absolute atomic E-state index is 0.0705. The molecule has 2 aromatic heterocycles. The third-order valence-corrected chi connectivity index (χ3v) is 16.5. The van der Waals surface area contributed by atoms with Crippen LogP contribution >= 0.6 is 0 Å². The molecule has 0 saturated heterocycles. The molecular formula is C69H78N4. The van der Waals surface area contributed by atoms with E-state index in [0.29, 0.717) is 23.5 Å². The smallest absolute Gasteiger partial charge is 0.165 e. The molecule has 0 spiro atoms. The molecule has 0 N–H and O–H groups in total. The number of pyridine rings is 1. The lowest BCUT2D eigenvalue weighted by atomic mass is 9.70. The van der Waals surface area contributed by atoms with Gasteiger partial charge >= 0.3 is 0 Å². The molecule has 1 saturated carbocycles. The number of fused-ring (bicyclic) bond motifs is 4. The molecule has 2 aliphatic carbocycles. The van der Waals surface area contributed by atoms with E-state index in [9.17, 15) is 0 Å². The van der Waals surface area contributed by atoms with Crippen molar-refractivity contribution in [1.29, 1.82) is 0 Å². The van der Waals surface area contributed by atoms with Crippen molar-refractivity contribution in [2.45, 2.75) is 173 Å². The number of hydrogen-bond acceptors (Lipinski definition) is 4. The summed E-state index contributed by atoms with van der Waals surface area (Å²) in [4.78, 5) is 20.4. The normalized spacial score (nSPS) is 16.1. The maximum absolute atomic E-state index is 5.22. The van der Waals surface area contributed by atoms with Crippen molar-refractivity contribution >= 4 is 10.8 Å². The Morgan fingerprint density at radius 3 is 1.66 bits per heavy atom. The van der Waals surface area contributed by atoms with Gasteiger partial charge in [0.25, 0.3) is 0 Å². The molecule has 8 aromatic rings. The molecule has 1 fully saturated rings. The van der Waals surface area contributed by atoms with Crippen molar-refractivity contribution in [1.82, 2.24) is 19.9 Å². The summed E-state index contributed by atoms with van der Waals surface area (Å²) < 4.78 is 0. The number of nitrogens with zero attached hydrogens (tertiary/aromatic N) is 4. The molecule has 10 rings (SSSR count). The zero-order chi connectivity index (χ0) is 50.2. The topological polar surface area (TPSA) is 51.6 Å². The van der Waals surface area contributed by atoms with Crippen LogP contribution in [0.5, 0.6) is 0 Å². The molecule has 0 radical (unpaired) electrons. The summed E-state index contributed by atoms with van der Waals surface area (Å²) in [6, 6.07) is 55.1. The fourth-order valence-corrected chi connectivity index (χ4v) is 12.5. The van der Waals surface area contributed by atoms with Crippen LogP contribution in [0.2, 0.25) is 0 Å². The third-order valence-electron chi connectivity index (χ3n) is 16.5. The minimum Gasteiger partial charge on any atom is -0.255 e. The molecule has 0 amide bonds. The van der Waals surface area contributed by atoms with Gasteiger partial charge in [0.1, 0.15) is 5.82 Å². The SMILES string of the molecule is CCCCCCCCC1(CCCCCCCC)c2cc(-c3cccc(C4CCCCC4c4ccccc4)c3)ccc2-c2ccc(-c3ccc(-c4nc(-c5ccc6ccccc6c5)nc(C(C)(C)C)n4)cn3)cc21. The van der Waals surface area contributed by atoms with E-state index < -0.39 is 0 Å². The largest absolute Gasteiger partial charge is 0.255 e. The van der Waals surface area contributed by atoms with Gasteiger partial charge in [-0.05, 0) is 123 Å². The molecule has 4 nitrogen and oxygen atoms in total. The second-order valence-electron chi connectivity index (χ2n) is 22.7. The monoisotopic (exact) mass is 963 g/mol. The Kier molecular flexibility index (Phi) is 15.8. The molecule has 2 heterocycles. The van der Waals surface area contributed by atoms with Crippen molar-refractivity contribution in [3.05, 3.63) is 180 Å². The van der Waals surface area contributed by atoms with E-state index in [2.05, 4.69) is 180 Å². The zero-order valence-corrected chi connectivity index (χ0v) is 44.6. The quantitative estimate of drug-likeness (QED) is 0.0714. The minimum atomic E-state index is -0.262. The maximum Gasteiger partial charge on any atom is 0.165 e. The molecular weight excluding hydrogens is 885 g/mol. The highest BCUT2D eigenvalue weighted by atomic mass is 15.0. The van der Waals surface area contributed by atoms with Crippen LogP contribution in [0, 0.1) is 0 Å². The first kappa shape index (κ1) is 50.3. The number of unbranched alkanes of at least 4 members (excludes halogenated alkanes) is 10. The van der Waals surface area contributed by atoms with E-state index in [0.717, 1.165) is 22.6 Å². The summed E-state index contributed by atoms with van der Waals surface area (Å²) in [5.41, 5.74) is 15.3. The number of benzene rings is 6. The van der Waals surface area contributed by atoms with E-state index in [4.69, 9.17) is 19.9 Å². The Balaban J connectivity index is 1.01. The number of hydrogen-bond donors (Lipinski definition) is 0. The van der Waals surface area contributed by atoms with E-state index in [1.807, 2.05) is 6.20 Å². The summed E-state index contributed by atoms with van der Waals surface area (Å²) in [6.45, 7) is 11.1. The van der Waals surface area contributed by atoms with Crippen LogP contribution in [-0.4, -0.2) is 19.9 Å². The molecule has 6 aromatic carbocycles. The fraction of sp³-hybridized carbons (Fsp3) is 0.391. The molecule has 4 heteroatoms. The Morgan fingerprint density at radius 1 is 0.452 bits per heavy atom. The molecule has 0 aliphatic heterocycles. The van der Waals surface area contributed by atoms with Crippen molar-refractivity contribution < 1.29 is 0 Å². The lowest BCUT2D eigenvalue weighted by molar-refractivity contribution is 0.386. The first-order chi connectivity index (χ1) is 35.7. The van der Waals surface area contributed by atoms with Crippen LogP contribution in [0.1, 0.15) is 190 Å². The Bertz CT molecular complexity index is 3090. The Morgan fingerprint density at radius 2 is 1.00 bits per heavy atom. The molecule has 0 bridgehead atoms. The summed E-state index contributed by atoms with van der Waals surface area (Å²) in [5.74, 6) is 3.22. The zero-order valence-electron chi connectivity index (χ0n) is 44.6. The van der Waals surface area contributed by atoms with Gasteiger partial charge < -0.3 is 0 Å². The predicted molar refractivity (Wildman–Crippen MR) is 308 cm³/mol. The molecule has 374 valence electrons. The van der Waals surface area contributed by atoms with Crippen LogP contribution < -0.4 is 0 Å². The standard InChI is InChI=1S/C69H78N4/c1-6-8-10-12-14-23-42-69(43-24-15-13-11-9-7-2)62-46-53(52-30-25-31-54(44-52)59-33-22-21-32-58(59)50-27-17-16-18-28-50)36-39-60(62)61-40-37-55(47-63(61)69)64-41-38-57(48-70-64)66-71-65(72-67(73-66)68(3,4)5)56-35-34-49-26-19-20-29-51(49)45-56/h16-20,25-31,34-41,44-48,58-59H,6-15,21-24,32-33,42-43H2,1-5H3. The lowest BCUT2D eigenvalue weighted by Gasteiger charge is -2.34. The van der Waals surface area contributed by atoms with Gasteiger partial charge in [-0.25, -0.2) is 15.0 Å². The summed E-state index contributed by atoms with van der Waals surface area (Å²) >= 11 is 0. The van der Waals surface area contributed by atoms with E-state index in [1.54, 1.807) is 5.56 Å². The molecule has 2 unspecified atom stereocenters. The summed E-state index contributed by atoms with van der Waals surface area (Å²) in [5, 5.41) is 2.37. The van der Waals surface area contributed by atoms with Gasteiger partial charge in [0.15, 0.2) is 11.6 Å². The van der Waals surface area contributed by atoms with Crippen LogP contribution in [0.4, 0.5) is 0 Å². The average Bonchev–Trinajstić information content (AvgIpc) is 3.70. The Hall–Kier alpha value is -6.26. The Labute approximate surface area is 437 Å². The van der Waals surface area contributed by atoms with Crippen molar-refractivity contribution in [2.75, 3.05) is 0 Å². The number of aromatic nitrogens is 4. The maximum atomic E-state index is 5.22. The van der Waals surface area contributed by atoms with Crippen LogP contribution in [-0.2, 0) is 10.8 Å². The summed E-state index contributed by atoms with van der Waals surface area (Å²) in [6.07, 6.45) is 25.0. The van der Waals surface area contributed by atoms with Crippen LogP contribution in [0.3, 0.4) is 0 Å². The van der Waals surface area contributed by atoms with Gasteiger partial charge in [-0.2, -0.15) is 0 Å². The van der Waals surface area contributed by atoms with Gasteiger partial charge in [0, 0.05) is 33.7 Å². The van der Waals surface area contributed by atoms with E-state index >= 15 is 0 Å². The second-order valence-corrected chi connectivity index (χ2v) is 22.7. The first-order valence-electron chi connectivity index (χ1n) is 28.4. The predicted octanol–water partition coefficient (Wildman–Crippen LogP) is 19.6. The van der Waals surface area contributed by atoms with E-state index in [-0.39, 0.29) is 10.8 Å². The van der Waals surface area contributed by atoms with Gasteiger partial charge in [-0.3, -0.25) is 4.98 Å². The third kappa shape index (κ3) is 11.2. The molecule has 2 aliphatic rings. The average molecular weight is 963 g/mol. The van der Waals surface area contributed by atoms with E-state index in [1.165, 1.54) is 171 Å². The van der Waals surface area contributed by atoms with Crippen molar-refractivity contribution in [3.63, 3.8) is 0 Å². The van der Waals surface area contributed by atoms with Gasteiger partial charge in [-0.1, -0.05) is 240 Å². The van der Waals surface area contributed by atoms with Crippen LogP contribution in [0.15, 0.2) is 152 Å². The molecule has 73 heavy (non-hydrogen) atoms. The van der Waals surface area contributed by atoms with Gasteiger partial charge in [-0.15, -0.1) is 0 Å². The highest BCUT2D eigenvalue weighted by molar-refractivity contribution is 5.87. The highest BCUT2D eigenvalue weighted by Gasteiger charge is 2.43. The first-order valence-corrected chi connectivity index (χ1v) is 28.4. The fourth-order valence-electron chi connectivity index (χ4n) is 12.5. The second kappa shape index (κ2) is 22.9. The number of rotatable bonds is 20. The lowest BCUT2D eigenvalue weighted by Crippen LogP contribution is -2.25. The summed E-state index contributed by atoms with van der Waals surface area (Å²) in [7, 11) is 0. The van der Waals surface area contributed by atoms with Gasteiger partial charge in [0.2, 0.25) is 0 Å². The van der Waals surface area contributed by atoms with Gasteiger partial charge in [0.05, 0.1) is 5.69 Å². The highest BCUT2D eigenvalue weighted by Crippen LogP contribution is 2.56. The van der Waals surface area contributed by atoms with Crippen molar-refractivity contribution in [2.24, 2.45) is 0 Å². The van der Waals surface area contributed by atoms with Crippen LogP contribution in [0.25, 0.3) is 67.1 Å². The molecule has 2 atom stereocenters.